The molecule has 6 nitrogen and oxygen atoms in total. The smallest absolute Gasteiger partial charge is 0.306 e. The van der Waals surface area contributed by atoms with Crippen molar-refractivity contribution in [3.8, 4) is 0 Å². The fraction of sp³-hybridized carbons (Fsp3) is 0.653. The highest BCUT2D eigenvalue weighted by Gasteiger charge is 2.19. The zero-order valence-electron chi connectivity index (χ0n) is 35.4. The van der Waals surface area contributed by atoms with Crippen LogP contribution in [-0.2, 0) is 28.6 Å². The summed E-state index contributed by atoms with van der Waals surface area (Å²) in [5, 5.41) is 0. The van der Waals surface area contributed by atoms with Gasteiger partial charge in [0.2, 0.25) is 0 Å². The molecule has 0 aliphatic rings. The van der Waals surface area contributed by atoms with E-state index >= 15 is 0 Å². The van der Waals surface area contributed by atoms with Gasteiger partial charge in [0.1, 0.15) is 13.2 Å². The minimum atomic E-state index is -0.808. The van der Waals surface area contributed by atoms with Crippen LogP contribution in [0.4, 0.5) is 0 Å². The second-order valence-electron chi connectivity index (χ2n) is 14.3. The highest BCUT2D eigenvalue weighted by atomic mass is 16.6. The lowest BCUT2D eigenvalue weighted by Crippen LogP contribution is -2.30. The largest absolute Gasteiger partial charge is 0.462 e. The summed E-state index contributed by atoms with van der Waals surface area (Å²) >= 11 is 0. The molecule has 6 heteroatoms. The molecule has 0 saturated heterocycles. The predicted octanol–water partition coefficient (Wildman–Crippen LogP) is 14.1. The molecule has 55 heavy (non-hydrogen) atoms. The van der Waals surface area contributed by atoms with E-state index in [0.29, 0.717) is 19.3 Å². The molecule has 0 aromatic rings. The molecule has 0 spiro atoms. The lowest BCUT2D eigenvalue weighted by atomic mass is 10.1. The number of carbonyl (C=O) groups is 3. The van der Waals surface area contributed by atoms with Crippen molar-refractivity contribution in [3.05, 3.63) is 85.1 Å². The maximum atomic E-state index is 12.7. The monoisotopic (exact) mass is 765 g/mol. The van der Waals surface area contributed by atoms with Crippen LogP contribution in [-0.4, -0.2) is 37.2 Å². The second kappa shape index (κ2) is 43.3. The third-order valence-corrected chi connectivity index (χ3v) is 8.99. The van der Waals surface area contributed by atoms with Crippen LogP contribution >= 0.6 is 0 Å². The molecule has 0 aromatic heterocycles. The van der Waals surface area contributed by atoms with Crippen LogP contribution in [0.15, 0.2) is 85.1 Å². The molecule has 0 radical (unpaired) electrons. The van der Waals surface area contributed by atoms with Crippen molar-refractivity contribution < 1.29 is 28.6 Å². The summed E-state index contributed by atoms with van der Waals surface area (Å²) in [4.78, 5) is 37.7. The molecule has 0 rings (SSSR count). The van der Waals surface area contributed by atoms with Crippen molar-refractivity contribution in [2.24, 2.45) is 0 Å². The fourth-order valence-corrected chi connectivity index (χ4v) is 5.71. The summed E-state index contributed by atoms with van der Waals surface area (Å²) < 4.78 is 16.6. The van der Waals surface area contributed by atoms with E-state index in [-0.39, 0.29) is 37.5 Å². The molecule has 0 aliphatic heterocycles. The van der Waals surface area contributed by atoms with Crippen molar-refractivity contribution in [2.75, 3.05) is 13.2 Å². The quantitative estimate of drug-likeness (QED) is 0.0205. The Bertz CT molecular complexity index is 1110. The van der Waals surface area contributed by atoms with Gasteiger partial charge in [0, 0.05) is 19.3 Å². The molecule has 0 aliphatic carbocycles. The molecule has 0 amide bonds. The highest BCUT2D eigenvalue weighted by molar-refractivity contribution is 5.71. The lowest BCUT2D eigenvalue weighted by Gasteiger charge is -2.18. The maximum Gasteiger partial charge on any atom is 0.306 e. The number of carbonyl (C=O) groups excluding carboxylic acids is 3. The van der Waals surface area contributed by atoms with Crippen molar-refractivity contribution in [1.29, 1.82) is 0 Å². The van der Waals surface area contributed by atoms with Gasteiger partial charge in [-0.2, -0.15) is 0 Å². The first kappa shape index (κ1) is 51.6. The van der Waals surface area contributed by atoms with E-state index in [2.05, 4.69) is 81.5 Å². The Morgan fingerprint density at radius 2 is 0.818 bits per heavy atom. The third kappa shape index (κ3) is 41.6. The van der Waals surface area contributed by atoms with Crippen molar-refractivity contribution in [1.82, 2.24) is 0 Å². The van der Waals surface area contributed by atoms with Crippen molar-refractivity contribution >= 4 is 17.9 Å². The summed E-state index contributed by atoms with van der Waals surface area (Å²) in [5.41, 5.74) is 0. The molecular formula is C49H80O6. The van der Waals surface area contributed by atoms with E-state index in [1.54, 1.807) is 0 Å². The molecule has 0 fully saturated rings. The highest BCUT2D eigenvalue weighted by Crippen LogP contribution is 2.13. The van der Waals surface area contributed by atoms with Gasteiger partial charge in [-0.1, -0.05) is 189 Å². The molecule has 0 N–H and O–H groups in total. The maximum absolute atomic E-state index is 12.7. The number of hydrogen-bond acceptors (Lipinski definition) is 6. The first-order valence-corrected chi connectivity index (χ1v) is 22.1. The van der Waals surface area contributed by atoms with E-state index in [1.165, 1.54) is 51.4 Å². The average Bonchev–Trinajstić information content (AvgIpc) is 3.18. The van der Waals surface area contributed by atoms with Gasteiger partial charge in [0.05, 0.1) is 0 Å². The van der Waals surface area contributed by atoms with Gasteiger partial charge in [-0.15, -0.1) is 0 Å². The Morgan fingerprint density at radius 1 is 0.400 bits per heavy atom. The van der Waals surface area contributed by atoms with Gasteiger partial charge < -0.3 is 14.2 Å². The summed E-state index contributed by atoms with van der Waals surface area (Å²) in [7, 11) is 0. The van der Waals surface area contributed by atoms with Crippen LogP contribution in [0.25, 0.3) is 0 Å². The Kier molecular flexibility index (Phi) is 40.6. The summed E-state index contributed by atoms with van der Waals surface area (Å²) in [6.07, 6.45) is 54.3. The number of hydrogen-bond donors (Lipinski definition) is 0. The van der Waals surface area contributed by atoms with Crippen LogP contribution in [0.2, 0.25) is 0 Å². The molecule has 1 unspecified atom stereocenters. The van der Waals surface area contributed by atoms with Crippen LogP contribution < -0.4 is 0 Å². The number of rotatable bonds is 38. The number of allylic oxidation sites excluding steroid dienone is 14. The summed E-state index contributed by atoms with van der Waals surface area (Å²) in [6.45, 7) is 6.28. The van der Waals surface area contributed by atoms with Gasteiger partial charge in [-0.25, -0.2) is 0 Å². The molecule has 0 bridgehead atoms. The first-order chi connectivity index (χ1) is 27.0. The number of esters is 3. The lowest BCUT2D eigenvalue weighted by molar-refractivity contribution is -0.167. The van der Waals surface area contributed by atoms with Crippen LogP contribution in [0, 0.1) is 0 Å². The zero-order chi connectivity index (χ0) is 40.1. The topological polar surface area (TPSA) is 78.9 Å². The Hall–Kier alpha value is -3.41. The van der Waals surface area contributed by atoms with Crippen molar-refractivity contribution in [2.45, 2.75) is 194 Å². The van der Waals surface area contributed by atoms with Gasteiger partial charge in [0.15, 0.2) is 6.10 Å². The van der Waals surface area contributed by atoms with E-state index in [1.807, 2.05) is 24.3 Å². The standard InChI is InChI=1S/C49H80O6/c1-4-7-10-13-16-19-22-23-24-25-28-30-33-36-39-42-48(51)54-45-46(55-49(52)43-40-37-34-31-27-21-18-15-12-9-6-3)44-53-47(50)41-38-35-32-29-26-20-17-14-11-8-5-2/h7,9-10,12-13,16,18-19,21-24,31,34,46H,4-6,8,11,14-15,17,20,25-30,32-33,35-45H2,1-3H3/b10-7-,12-9-,16-13-,21-18-,22-19-,24-23-,34-31-. The predicted molar refractivity (Wildman–Crippen MR) is 233 cm³/mol. The van der Waals surface area contributed by atoms with E-state index in [9.17, 15) is 14.4 Å². The Labute approximate surface area is 337 Å². The second-order valence-corrected chi connectivity index (χ2v) is 14.3. The van der Waals surface area contributed by atoms with Crippen LogP contribution in [0.5, 0.6) is 0 Å². The van der Waals surface area contributed by atoms with Gasteiger partial charge in [-0.3, -0.25) is 14.4 Å². The summed E-state index contributed by atoms with van der Waals surface area (Å²) in [6, 6.07) is 0. The molecule has 0 aromatic carbocycles. The SMILES string of the molecule is CC\C=C/C=C\C=C/C=C\CCCCCCCC(=O)OCC(COC(=O)CCCCCCCCCCCCC)OC(=O)CCC/C=C\C/C=C\C/C=C\CC. The fourth-order valence-electron chi connectivity index (χ4n) is 5.71. The Balaban J connectivity index is 4.48. The average molecular weight is 765 g/mol. The number of unbranched alkanes of at least 4 members (excludes halogenated alkanes) is 16. The van der Waals surface area contributed by atoms with Crippen molar-refractivity contribution in [3.63, 3.8) is 0 Å². The minimum Gasteiger partial charge on any atom is -0.462 e. The minimum absolute atomic E-state index is 0.104. The normalized spacial score (nSPS) is 12.9. The molecule has 0 heterocycles. The van der Waals surface area contributed by atoms with E-state index < -0.39 is 6.10 Å². The summed E-state index contributed by atoms with van der Waals surface area (Å²) in [5.74, 6) is -0.993. The van der Waals surface area contributed by atoms with E-state index in [0.717, 1.165) is 89.9 Å². The van der Waals surface area contributed by atoms with E-state index in [4.69, 9.17) is 14.2 Å². The molecular weight excluding hydrogens is 685 g/mol. The zero-order valence-corrected chi connectivity index (χ0v) is 35.4. The Morgan fingerprint density at radius 3 is 1.36 bits per heavy atom. The third-order valence-electron chi connectivity index (χ3n) is 8.99. The molecule has 312 valence electrons. The van der Waals surface area contributed by atoms with Gasteiger partial charge in [-0.05, 0) is 64.2 Å². The van der Waals surface area contributed by atoms with Crippen LogP contribution in [0.1, 0.15) is 188 Å². The molecule has 1 atom stereocenters. The van der Waals surface area contributed by atoms with Gasteiger partial charge >= 0.3 is 17.9 Å². The van der Waals surface area contributed by atoms with Gasteiger partial charge in [0.25, 0.3) is 0 Å². The number of ether oxygens (including phenoxy) is 3. The van der Waals surface area contributed by atoms with Crippen LogP contribution in [0.3, 0.4) is 0 Å². The molecule has 0 saturated carbocycles. The first-order valence-electron chi connectivity index (χ1n) is 22.1.